The van der Waals surface area contributed by atoms with E-state index < -0.39 is 0 Å². The summed E-state index contributed by atoms with van der Waals surface area (Å²) in [5.74, 6) is 0. The molecule has 0 N–H and O–H groups in total. The standard InChI is InChI=1S/C25H34OS/c1-3-5-7-9-11-21-13-17-23(18-14-21)25(26)27-24-19-15-22(16-20-24)12-10-8-6-4-2/h13-20H,3-12H2,1-2H3. The maximum Gasteiger partial charge on any atom is 0.224 e. The first-order chi connectivity index (χ1) is 13.2. The summed E-state index contributed by atoms with van der Waals surface area (Å²) < 4.78 is 0. The number of hydrogen-bond acceptors (Lipinski definition) is 2. The highest BCUT2D eigenvalue weighted by molar-refractivity contribution is 8.14. The lowest BCUT2D eigenvalue weighted by atomic mass is 10.1. The Morgan fingerprint density at radius 2 is 1.15 bits per heavy atom. The van der Waals surface area contributed by atoms with Gasteiger partial charge in [-0.15, -0.1) is 0 Å². The second-order valence-corrected chi connectivity index (χ2v) is 8.40. The van der Waals surface area contributed by atoms with Crippen LogP contribution in [0.3, 0.4) is 0 Å². The first kappa shape index (κ1) is 21.8. The Labute approximate surface area is 170 Å². The van der Waals surface area contributed by atoms with Crippen LogP contribution in [0.15, 0.2) is 53.4 Å². The van der Waals surface area contributed by atoms with Gasteiger partial charge >= 0.3 is 0 Å². The molecule has 2 rings (SSSR count). The third kappa shape index (κ3) is 8.34. The summed E-state index contributed by atoms with van der Waals surface area (Å²) in [6, 6.07) is 16.7. The Bertz CT molecular complexity index is 658. The first-order valence-corrected chi connectivity index (χ1v) is 11.4. The van der Waals surface area contributed by atoms with Gasteiger partial charge in [0.05, 0.1) is 0 Å². The number of aryl methyl sites for hydroxylation is 2. The van der Waals surface area contributed by atoms with Crippen LogP contribution in [-0.4, -0.2) is 5.12 Å². The zero-order valence-electron chi connectivity index (χ0n) is 17.0. The van der Waals surface area contributed by atoms with Gasteiger partial charge in [0.15, 0.2) is 0 Å². The molecule has 2 aromatic rings. The molecule has 0 fully saturated rings. The SMILES string of the molecule is CCCCCCc1ccc(SC(=O)c2ccc(CCCCCC)cc2)cc1. The molecule has 0 spiro atoms. The van der Waals surface area contributed by atoms with Gasteiger partial charge in [-0.2, -0.15) is 0 Å². The summed E-state index contributed by atoms with van der Waals surface area (Å²) in [5.41, 5.74) is 3.50. The van der Waals surface area contributed by atoms with E-state index in [-0.39, 0.29) is 5.12 Å². The molecule has 0 saturated heterocycles. The van der Waals surface area contributed by atoms with E-state index in [2.05, 4.69) is 50.2 Å². The van der Waals surface area contributed by atoms with Crippen LogP contribution in [-0.2, 0) is 12.8 Å². The van der Waals surface area contributed by atoms with E-state index in [9.17, 15) is 4.79 Å². The molecule has 2 heteroatoms. The minimum absolute atomic E-state index is 0.128. The third-order valence-corrected chi connectivity index (χ3v) is 5.89. The number of rotatable bonds is 12. The Kier molecular flexibility index (Phi) is 10.3. The van der Waals surface area contributed by atoms with Gasteiger partial charge in [-0.05, 0) is 60.7 Å². The lowest BCUT2D eigenvalue weighted by Crippen LogP contribution is -1.94. The van der Waals surface area contributed by atoms with Gasteiger partial charge in [0.25, 0.3) is 0 Å². The van der Waals surface area contributed by atoms with Crippen LogP contribution in [0.25, 0.3) is 0 Å². The Morgan fingerprint density at radius 1 is 0.667 bits per heavy atom. The summed E-state index contributed by atoms with van der Waals surface area (Å²) in [4.78, 5) is 13.5. The average Bonchev–Trinajstić information content (AvgIpc) is 2.70. The van der Waals surface area contributed by atoms with Crippen molar-refractivity contribution in [2.75, 3.05) is 0 Å². The van der Waals surface area contributed by atoms with Crippen molar-refractivity contribution >= 4 is 16.9 Å². The molecule has 27 heavy (non-hydrogen) atoms. The largest absolute Gasteiger partial charge is 0.281 e. The van der Waals surface area contributed by atoms with E-state index in [1.54, 1.807) is 0 Å². The molecule has 0 bridgehead atoms. The highest BCUT2D eigenvalue weighted by Crippen LogP contribution is 2.24. The number of hydrogen-bond donors (Lipinski definition) is 0. The fourth-order valence-corrected chi connectivity index (χ4v) is 3.95. The molecule has 0 atom stereocenters. The summed E-state index contributed by atoms with van der Waals surface area (Å²) >= 11 is 1.33. The maximum atomic E-state index is 12.5. The maximum absolute atomic E-state index is 12.5. The summed E-state index contributed by atoms with van der Waals surface area (Å²) in [7, 11) is 0. The molecule has 1 nitrogen and oxygen atoms in total. The summed E-state index contributed by atoms with van der Waals surface area (Å²) in [6.45, 7) is 4.48. The van der Waals surface area contributed by atoms with Crippen molar-refractivity contribution in [2.45, 2.75) is 83.0 Å². The predicted molar refractivity (Wildman–Crippen MR) is 119 cm³/mol. The van der Waals surface area contributed by atoms with Gasteiger partial charge < -0.3 is 0 Å². The number of unbranched alkanes of at least 4 members (excludes halogenated alkanes) is 6. The van der Waals surface area contributed by atoms with Gasteiger partial charge in [-0.3, -0.25) is 4.79 Å². The minimum atomic E-state index is 0.128. The molecule has 0 heterocycles. The molecule has 0 aliphatic rings. The Hall–Kier alpha value is -1.54. The van der Waals surface area contributed by atoms with Crippen molar-refractivity contribution in [1.29, 1.82) is 0 Å². The molecular formula is C25H34OS. The normalized spacial score (nSPS) is 10.9. The minimum Gasteiger partial charge on any atom is -0.281 e. The molecule has 0 radical (unpaired) electrons. The second kappa shape index (κ2) is 12.8. The zero-order valence-corrected chi connectivity index (χ0v) is 17.8. The van der Waals surface area contributed by atoms with Crippen LogP contribution in [0, 0.1) is 0 Å². The van der Waals surface area contributed by atoms with Crippen LogP contribution in [0.5, 0.6) is 0 Å². The van der Waals surface area contributed by atoms with Gasteiger partial charge in [0, 0.05) is 10.5 Å². The molecule has 0 aliphatic carbocycles. The molecule has 0 aliphatic heterocycles. The van der Waals surface area contributed by atoms with Gasteiger partial charge in [0.1, 0.15) is 0 Å². The molecular weight excluding hydrogens is 348 g/mol. The van der Waals surface area contributed by atoms with E-state index in [0.717, 1.165) is 23.3 Å². The number of carbonyl (C=O) groups is 1. The van der Waals surface area contributed by atoms with Crippen LogP contribution < -0.4 is 0 Å². The molecule has 146 valence electrons. The summed E-state index contributed by atoms with van der Waals surface area (Å²) in [6.07, 6.45) is 12.5. The summed E-state index contributed by atoms with van der Waals surface area (Å²) in [5, 5.41) is 0.128. The molecule has 2 aromatic carbocycles. The van der Waals surface area contributed by atoms with Crippen molar-refractivity contribution in [1.82, 2.24) is 0 Å². The molecule has 0 saturated carbocycles. The van der Waals surface area contributed by atoms with E-state index in [4.69, 9.17) is 0 Å². The quantitative estimate of drug-likeness (QED) is 0.274. The second-order valence-electron chi connectivity index (χ2n) is 7.35. The lowest BCUT2D eigenvalue weighted by molar-refractivity contribution is 0.108. The van der Waals surface area contributed by atoms with E-state index in [1.807, 2.05) is 12.1 Å². The van der Waals surface area contributed by atoms with Crippen LogP contribution >= 0.6 is 11.8 Å². The number of thioether (sulfide) groups is 1. The smallest absolute Gasteiger partial charge is 0.224 e. The highest BCUT2D eigenvalue weighted by Gasteiger charge is 2.08. The molecule has 0 aromatic heterocycles. The van der Waals surface area contributed by atoms with Gasteiger partial charge in [-0.25, -0.2) is 0 Å². The van der Waals surface area contributed by atoms with Crippen LogP contribution in [0.1, 0.15) is 86.7 Å². The molecule has 0 unspecified atom stereocenters. The fraction of sp³-hybridized carbons (Fsp3) is 0.480. The monoisotopic (exact) mass is 382 g/mol. The van der Waals surface area contributed by atoms with Gasteiger partial charge in [-0.1, -0.05) is 88.8 Å². The third-order valence-electron chi connectivity index (χ3n) is 4.96. The highest BCUT2D eigenvalue weighted by atomic mass is 32.2. The van der Waals surface area contributed by atoms with Crippen molar-refractivity contribution in [2.24, 2.45) is 0 Å². The Morgan fingerprint density at radius 3 is 1.63 bits per heavy atom. The van der Waals surface area contributed by atoms with E-state index in [1.165, 1.54) is 74.3 Å². The van der Waals surface area contributed by atoms with Gasteiger partial charge in [0.2, 0.25) is 5.12 Å². The van der Waals surface area contributed by atoms with Crippen molar-refractivity contribution < 1.29 is 4.79 Å². The molecule has 0 amide bonds. The number of carbonyl (C=O) groups excluding carboxylic acids is 1. The van der Waals surface area contributed by atoms with Crippen LogP contribution in [0.2, 0.25) is 0 Å². The average molecular weight is 383 g/mol. The zero-order chi connectivity index (χ0) is 19.3. The van der Waals surface area contributed by atoms with Crippen LogP contribution in [0.4, 0.5) is 0 Å². The predicted octanol–water partition coefficient (Wildman–Crippen LogP) is 7.86. The Balaban J connectivity index is 1.80. The fourth-order valence-electron chi connectivity index (χ4n) is 3.21. The first-order valence-electron chi connectivity index (χ1n) is 10.6. The topological polar surface area (TPSA) is 17.1 Å². The lowest BCUT2D eigenvalue weighted by Gasteiger charge is -2.05. The van der Waals surface area contributed by atoms with Crippen molar-refractivity contribution in [3.63, 3.8) is 0 Å². The van der Waals surface area contributed by atoms with E-state index in [0.29, 0.717) is 0 Å². The number of benzene rings is 2. The van der Waals surface area contributed by atoms with E-state index >= 15 is 0 Å². The van der Waals surface area contributed by atoms with Crippen molar-refractivity contribution in [3.8, 4) is 0 Å². The van der Waals surface area contributed by atoms with Crippen molar-refractivity contribution in [3.05, 3.63) is 65.2 Å².